The highest BCUT2D eigenvalue weighted by atomic mass is 79.9. The second-order valence-corrected chi connectivity index (χ2v) is 6.96. The molecule has 1 nitrogen and oxygen atoms in total. The fraction of sp³-hybridized carbons (Fsp3) is 0.667. The first-order chi connectivity index (χ1) is 7.18. The van der Waals surface area contributed by atoms with Gasteiger partial charge in [-0.3, -0.25) is 0 Å². The second kappa shape index (κ2) is 3.57. The molecule has 2 aliphatic rings. The fourth-order valence-electron chi connectivity index (χ4n) is 2.26. The Morgan fingerprint density at radius 3 is 3.00 bits per heavy atom. The number of hydrogen-bond acceptors (Lipinski definition) is 2. The molecule has 1 N–H and O–H groups in total. The van der Waals surface area contributed by atoms with Crippen molar-refractivity contribution in [3.05, 3.63) is 20.8 Å². The minimum absolute atomic E-state index is 0.471. The summed E-state index contributed by atoms with van der Waals surface area (Å²) in [4.78, 5) is 1.55. The van der Waals surface area contributed by atoms with Gasteiger partial charge in [-0.2, -0.15) is 0 Å². The maximum Gasteiger partial charge on any atom is 0.0285 e. The van der Waals surface area contributed by atoms with E-state index in [0.717, 1.165) is 12.0 Å². The molecule has 0 spiro atoms. The van der Waals surface area contributed by atoms with E-state index in [9.17, 15) is 0 Å². The molecule has 1 aromatic heterocycles. The maximum atomic E-state index is 3.64. The van der Waals surface area contributed by atoms with Crippen molar-refractivity contribution in [2.75, 3.05) is 6.54 Å². The zero-order chi connectivity index (χ0) is 10.5. The summed E-state index contributed by atoms with van der Waals surface area (Å²) >= 11 is 5.44. The van der Waals surface area contributed by atoms with Gasteiger partial charge in [-0.25, -0.2) is 0 Å². The number of halogens is 1. The topological polar surface area (TPSA) is 12.0 Å². The van der Waals surface area contributed by atoms with Gasteiger partial charge in [-0.15, -0.1) is 11.3 Å². The van der Waals surface area contributed by atoms with Gasteiger partial charge in [0.1, 0.15) is 0 Å². The third kappa shape index (κ3) is 2.02. The summed E-state index contributed by atoms with van der Waals surface area (Å²) in [5, 5.41) is 5.84. The number of hydrogen-bond donors (Lipinski definition) is 1. The molecular formula is C12H16BrNS. The average molecular weight is 286 g/mol. The number of thiophene rings is 1. The lowest BCUT2D eigenvalue weighted by Gasteiger charge is -2.09. The molecular weight excluding hydrogens is 270 g/mol. The normalized spacial score (nSPS) is 34.4. The van der Waals surface area contributed by atoms with Crippen LogP contribution in [0.4, 0.5) is 0 Å². The lowest BCUT2D eigenvalue weighted by molar-refractivity contribution is 0.580. The van der Waals surface area contributed by atoms with Crippen molar-refractivity contribution in [3.8, 4) is 0 Å². The van der Waals surface area contributed by atoms with E-state index in [4.69, 9.17) is 0 Å². The van der Waals surface area contributed by atoms with E-state index in [1.807, 2.05) is 11.3 Å². The van der Waals surface area contributed by atoms with E-state index < -0.39 is 0 Å². The lowest BCUT2D eigenvalue weighted by Crippen LogP contribution is -2.21. The summed E-state index contributed by atoms with van der Waals surface area (Å²) in [5.41, 5.74) is 0.471. The second-order valence-electron chi connectivity index (χ2n) is 5.13. The molecule has 0 saturated heterocycles. The van der Waals surface area contributed by atoms with Crippen LogP contribution in [0, 0.1) is 5.92 Å². The molecule has 2 aliphatic carbocycles. The predicted octanol–water partition coefficient (Wildman–Crippen LogP) is 3.54. The highest BCUT2D eigenvalue weighted by Crippen LogP contribution is 2.55. The Balaban J connectivity index is 1.61. The molecule has 2 fully saturated rings. The number of rotatable bonds is 4. The molecule has 82 valence electrons. The monoisotopic (exact) mass is 285 g/mol. The standard InChI is InChI=1S/C12H16BrNS/c1-12(11-4-9(13)7-15-11)5-8(12)6-14-10-2-3-10/h4,7-8,10,14H,2-3,5-6H2,1H3. The highest BCUT2D eigenvalue weighted by Gasteiger charge is 2.51. The molecule has 2 saturated carbocycles. The molecule has 3 rings (SSSR count). The van der Waals surface area contributed by atoms with Crippen molar-refractivity contribution in [3.63, 3.8) is 0 Å². The summed E-state index contributed by atoms with van der Waals surface area (Å²) in [5.74, 6) is 0.864. The van der Waals surface area contributed by atoms with Crippen molar-refractivity contribution in [1.29, 1.82) is 0 Å². The van der Waals surface area contributed by atoms with E-state index in [2.05, 4.69) is 39.6 Å². The van der Waals surface area contributed by atoms with Crippen LogP contribution in [-0.4, -0.2) is 12.6 Å². The Labute approximate surface area is 103 Å². The molecule has 0 aliphatic heterocycles. The Morgan fingerprint density at radius 1 is 1.60 bits per heavy atom. The fourth-order valence-corrected chi connectivity index (χ4v) is 3.94. The molecule has 2 unspecified atom stereocenters. The van der Waals surface area contributed by atoms with Gasteiger partial charge in [-0.05, 0) is 53.7 Å². The molecule has 0 amide bonds. The smallest absolute Gasteiger partial charge is 0.0285 e. The van der Waals surface area contributed by atoms with Crippen LogP contribution in [0.25, 0.3) is 0 Å². The molecule has 1 heterocycles. The van der Waals surface area contributed by atoms with Gasteiger partial charge < -0.3 is 5.32 Å². The molecule has 2 atom stereocenters. The summed E-state index contributed by atoms with van der Waals surface area (Å²) in [6, 6.07) is 3.15. The Morgan fingerprint density at radius 2 is 2.40 bits per heavy atom. The van der Waals surface area contributed by atoms with Crippen LogP contribution in [0.2, 0.25) is 0 Å². The van der Waals surface area contributed by atoms with Gasteiger partial charge in [0, 0.05) is 26.2 Å². The Kier molecular flexibility index (Phi) is 2.45. The average Bonchev–Trinajstić information content (AvgIpc) is 3.07. The van der Waals surface area contributed by atoms with Gasteiger partial charge in [0.05, 0.1) is 0 Å². The van der Waals surface area contributed by atoms with Crippen LogP contribution in [0.15, 0.2) is 15.9 Å². The van der Waals surface area contributed by atoms with Gasteiger partial charge in [0.2, 0.25) is 0 Å². The molecule has 3 heteroatoms. The van der Waals surface area contributed by atoms with Gasteiger partial charge in [0.25, 0.3) is 0 Å². The van der Waals surface area contributed by atoms with Crippen molar-refractivity contribution in [1.82, 2.24) is 5.32 Å². The Hall–Kier alpha value is 0.140. The third-order valence-electron chi connectivity index (χ3n) is 3.77. The first-order valence-corrected chi connectivity index (χ1v) is 7.33. The van der Waals surface area contributed by atoms with Crippen LogP contribution in [0.5, 0.6) is 0 Å². The summed E-state index contributed by atoms with van der Waals surface area (Å²) in [6.45, 7) is 3.63. The van der Waals surface area contributed by atoms with Crippen molar-refractivity contribution in [2.24, 2.45) is 5.92 Å². The van der Waals surface area contributed by atoms with Gasteiger partial charge in [0.15, 0.2) is 0 Å². The van der Waals surface area contributed by atoms with Crippen molar-refractivity contribution in [2.45, 2.75) is 37.6 Å². The summed E-state index contributed by atoms with van der Waals surface area (Å²) < 4.78 is 1.24. The minimum atomic E-state index is 0.471. The minimum Gasteiger partial charge on any atom is -0.314 e. The van der Waals surface area contributed by atoms with E-state index in [1.54, 1.807) is 4.88 Å². The van der Waals surface area contributed by atoms with Crippen molar-refractivity contribution >= 4 is 27.3 Å². The van der Waals surface area contributed by atoms with Crippen LogP contribution >= 0.6 is 27.3 Å². The van der Waals surface area contributed by atoms with Gasteiger partial charge >= 0.3 is 0 Å². The Bertz CT molecular complexity index is 371. The van der Waals surface area contributed by atoms with E-state index in [0.29, 0.717) is 5.41 Å². The zero-order valence-corrected chi connectivity index (χ0v) is 11.3. The van der Waals surface area contributed by atoms with E-state index >= 15 is 0 Å². The first kappa shape index (κ1) is 10.3. The van der Waals surface area contributed by atoms with E-state index in [1.165, 1.54) is 30.3 Å². The molecule has 1 aromatic rings. The third-order valence-corrected chi connectivity index (χ3v) is 5.74. The maximum absolute atomic E-state index is 3.64. The van der Waals surface area contributed by atoms with Crippen LogP contribution in [0.3, 0.4) is 0 Å². The zero-order valence-electron chi connectivity index (χ0n) is 8.92. The molecule has 0 aromatic carbocycles. The number of nitrogens with one attached hydrogen (secondary N) is 1. The van der Waals surface area contributed by atoms with Crippen LogP contribution in [0.1, 0.15) is 31.1 Å². The highest BCUT2D eigenvalue weighted by molar-refractivity contribution is 9.10. The van der Waals surface area contributed by atoms with Crippen LogP contribution in [-0.2, 0) is 5.41 Å². The first-order valence-electron chi connectivity index (χ1n) is 5.66. The van der Waals surface area contributed by atoms with E-state index in [-0.39, 0.29) is 0 Å². The lowest BCUT2D eigenvalue weighted by atomic mass is 10.0. The van der Waals surface area contributed by atoms with Crippen molar-refractivity contribution < 1.29 is 0 Å². The predicted molar refractivity (Wildman–Crippen MR) is 68.5 cm³/mol. The summed E-state index contributed by atoms with van der Waals surface area (Å²) in [7, 11) is 0. The SMILES string of the molecule is CC1(c2cc(Br)cs2)CC1CNC1CC1. The molecule has 15 heavy (non-hydrogen) atoms. The molecule has 0 radical (unpaired) electrons. The molecule has 0 bridgehead atoms. The largest absolute Gasteiger partial charge is 0.314 e. The summed E-state index contributed by atoms with van der Waals surface area (Å²) in [6.07, 6.45) is 4.15. The van der Waals surface area contributed by atoms with Crippen LogP contribution < -0.4 is 5.32 Å². The van der Waals surface area contributed by atoms with Gasteiger partial charge in [-0.1, -0.05) is 6.92 Å². The quantitative estimate of drug-likeness (QED) is 0.892.